The first-order valence-corrected chi connectivity index (χ1v) is 15.5. The van der Waals surface area contributed by atoms with Gasteiger partial charge < -0.3 is 29.9 Å². The van der Waals surface area contributed by atoms with Crippen molar-refractivity contribution in [3.05, 3.63) is 60.1 Å². The number of hydrogen-bond acceptors (Lipinski definition) is 9. The number of carbonyl (C=O) groups excluding carboxylic acids is 3. The Morgan fingerprint density at radius 1 is 1.15 bits per heavy atom. The number of fused-ring (bicyclic) bond motifs is 3. The van der Waals surface area contributed by atoms with E-state index in [4.69, 9.17) is 9.26 Å². The molecule has 1 saturated heterocycles. The minimum Gasteiger partial charge on any atom is -0.479 e. The molecule has 6 rings (SSSR count). The third kappa shape index (κ3) is 6.65. The highest BCUT2D eigenvalue weighted by Gasteiger charge is 2.61. The van der Waals surface area contributed by atoms with Crippen molar-refractivity contribution < 1.29 is 42.3 Å². The molecule has 0 spiro atoms. The fraction of sp³-hybridized carbons (Fsp3) is 0.469. The first-order valence-electron chi connectivity index (χ1n) is 15.5. The molecule has 5 unspecified atom stereocenters. The molecular weight excluding hydrogens is 618 g/mol. The highest BCUT2D eigenvalue weighted by Crippen LogP contribution is 2.45. The smallest absolute Gasteiger partial charge is 0.330 e. The molecule has 3 aliphatic rings. The van der Waals surface area contributed by atoms with Crippen molar-refractivity contribution in [2.45, 2.75) is 81.5 Å². The summed E-state index contributed by atoms with van der Waals surface area (Å²) in [5.74, 6) is -7.50. The predicted molar refractivity (Wildman–Crippen MR) is 160 cm³/mol. The SMILES string of the molecule is CC(F)(F)c1nc2ccccc2nc1OC1CC2C(=O)NC3(C(=O)O)CC3C=CCCCCCC(NC(=O)c3ccon3)C(=O)N2C1. The predicted octanol–water partition coefficient (Wildman–Crippen LogP) is 3.36. The second-order valence-corrected chi connectivity index (χ2v) is 12.3. The van der Waals surface area contributed by atoms with E-state index >= 15 is 0 Å². The summed E-state index contributed by atoms with van der Waals surface area (Å²) in [6.07, 6.45) is 6.95. The number of rotatable bonds is 6. The van der Waals surface area contributed by atoms with Crippen LogP contribution in [0.2, 0.25) is 0 Å². The second-order valence-electron chi connectivity index (χ2n) is 12.3. The van der Waals surface area contributed by atoms with Gasteiger partial charge in [0, 0.05) is 25.3 Å². The van der Waals surface area contributed by atoms with Crippen LogP contribution in [0.4, 0.5) is 8.78 Å². The zero-order valence-corrected chi connectivity index (χ0v) is 25.5. The monoisotopic (exact) mass is 652 g/mol. The Hall–Kier alpha value is -4.95. The number of para-hydroxylation sites is 2. The molecule has 0 radical (unpaired) electrons. The van der Waals surface area contributed by atoms with Crippen LogP contribution in [0.25, 0.3) is 11.0 Å². The summed E-state index contributed by atoms with van der Waals surface area (Å²) in [6, 6.07) is 5.49. The summed E-state index contributed by atoms with van der Waals surface area (Å²) in [5.41, 5.74) is -1.73. The van der Waals surface area contributed by atoms with Crippen molar-refractivity contribution in [1.29, 1.82) is 0 Å². The standard InChI is InChI=1S/C32H34F2N6O7/c1-31(33,34)25-28(37-21-11-8-7-10-20(21)35-25)47-19-15-24-27(42)38-32(30(44)45)16-18(32)9-5-3-2-4-6-12-23(29(43)40(24)17-19)36-26(41)22-13-14-46-39-22/h5,7-11,13-14,18-19,23-24H,2-4,6,12,15-17H2,1H3,(H,36,41)(H,38,42)(H,44,45). The van der Waals surface area contributed by atoms with Crippen molar-refractivity contribution in [2.75, 3.05) is 6.54 Å². The summed E-state index contributed by atoms with van der Waals surface area (Å²) < 4.78 is 40.2. The average molecular weight is 653 g/mol. The van der Waals surface area contributed by atoms with Crippen LogP contribution in [0.1, 0.15) is 68.1 Å². The minimum absolute atomic E-state index is 0.0400. The molecule has 2 fully saturated rings. The number of benzene rings is 1. The van der Waals surface area contributed by atoms with Gasteiger partial charge in [0.1, 0.15) is 30.0 Å². The van der Waals surface area contributed by atoms with Crippen LogP contribution in [0.3, 0.4) is 0 Å². The Kier molecular flexibility index (Phi) is 8.64. The molecule has 3 aromatic rings. The van der Waals surface area contributed by atoms with E-state index in [9.17, 15) is 33.1 Å². The molecule has 1 aliphatic carbocycles. The third-order valence-electron chi connectivity index (χ3n) is 8.83. The number of aromatic nitrogens is 3. The number of hydrogen-bond donors (Lipinski definition) is 3. The molecule has 15 heteroatoms. The van der Waals surface area contributed by atoms with Crippen molar-refractivity contribution >= 4 is 34.7 Å². The Labute approximate surface area is 267 Å². The molecule has 1 saturated carbocycles. The number of carboxylic acids is 1. The topological polar surface area (TPSA) is 177 Å². The number of nitrogens with one attached hydrogen (secondary N) is 2. The van der Waals surface area contributed by atoms with E-state index in [1.165, 1.54) is 17.2 Å². The van der Waals surface area contributed by atoms with Crippen molar-refractivity contribution in [3.8, 4) is 5.88 Å². The maximum Gasteiger partial charge on any atom is 0.330 e. The van der Waals surface area contributed by atoms with Crippen LogP contribution in [-0.2, 0) is 20.3 Å². The summed E-state index contributed by atoms with van der Waals surface area (Å²) >= 11 is 0. The number of amides is 3. The summed E-state index contributed by atoms with van der Waals surface area (Å²) in [4.78, 5) is 62.9. The number of nitrogens with zero attached hydrogens (tertiary/aromatic N) is 4. The number of aliphatic carboxylic acids is 1. The van der Waals surface area contributed by atoms with Crippen LogP contribution in [0, 0.1) is 5.92 Å². The normalized spacial score (nSPS) is 26.8. The Morgan fingerprint density at radius 2 is 1.91 bits per heavy atom. The van der Waals surface area contributed by atoms with Gasteiger partial charge in [0.2, 0.25) is 17.7 Å². The van der Waals surface area contributed by atoms with Crippen LogP contribution in [0.15, 0.2) is 53.3 Å². The molecule has 13 nitrogen and oxygen atoms in total. The van der Waals surface area contributed by atoms with Gasteiger partial charge in [-0.3, -0.25) is 14.4 Å². The Bertz CT molecular complexity index is 1710. The number of halogens is 2. The average Bonchev–Trinajstić information content (AvgIpc) is 3.35. The number of carbonyl (C=O) groups is 4. The lowest BCUT2D eigenvalue weighted by Gasteiger charge is -2.29. The van der Waals surface area contributed by atoms with Gasteiger partial charge in [-0.1, -0.05) is 42.3 Å². The zero-order valence-electron chi connectivity index (χ0n) is 25.5. The molecule has 3 amide bonds. The van der Waals surface area contributed by atoms with Gasteiger partial charge in [-0.15, -0.1) is 0 Å². The second kappa shape index (κ2) is 12.7. The maximum atomic E-state index is 14.7. The molecule has 1 aromatic carbocycles. The molecule has 3 N–H and O–H groups in total. The van der Waals surface area contributed by atoms with E-state index in [-0.39, 0.29) is 37.0 Å². The lowest BCUT2D eigenvalue weighted by molar-refractivity contribution is -0.145. The molecule has 5 atom stereocenters. The molecule has 47 heavy (non-hydrogen) atoms. The van der Waals surface area contributed by atoms with E-state index in [2.05, 4.69) is 25.8 Å². The molecule has 4 heterocycles. The van der Waals surface area contributed by atoms with Gasteiger partial charge in [-0.2, -0.15) is 8.78 Å². The maximum absolute atomic E-state index is 14.7. The highest BCUT2D eigenvalue weighted by molar-refractivity contribution is 5.98. The number of carboxylic acid groups (broad SMARTS) is 1. The summed E-state index contributed by atoms with van der Waals surface area (Å²) in [5, 5.41) is 19.1. The summed E-state index contributed by atoms with van der Waals surface area (Å²) in [7, 11) is 0. The van der Waals surface area contributed by atoms with Gasteiger partial charge in [0.05, 0.1) is 17.6 Å². The van der Waals surface area contributed by atoms with Gasteiger partial charge in [-0.05, 0) is 37.8 Å². The van der Waals surface area contributed by atoms with Crippen LogP contribution >= 0.6 is 0 Å². The minimum atomic E-state index is -3.43. The third-order valence-corrected chi connectivity index (χ3v) is 8.83. The largest absolute Gasteiger partial charge is 0.479 e. The fourth-order valence-corrected chi connectivity index (χ4v) is 6.22. The van der Waals surface area contributed by atoms with Gasteiger partial charge in [-0.25, -0.2) is 14.8 Å². The van der Waals surface area contributed by atoms with Crippen molar-refractivity contribution in [2.24, 2.45) is 5.92 Å². The van der Waals surface area contributed by atoms with E-state index in [1.54, 1.807) is 30.3 Å². The first-order chi connectivity index (χ1) is 22.5. The Balaban J connectivity index is 1.33. The molecule has 0 bridgehead atoms. The van der Waals surface area contributed by atoms with Crippen molar-refractivity contribution in [3.63, 3.8) is 0 Å². The van der Waals surface area contributed by atoms with Gasteiger partial charge in [0.15, 0.2) is 11.4 Å². The summed E-state index contributed by atoms with van der Waals surface area (Å²) in [6.45, 7) is 0.447. The zero-order chi connectivity index (χ0) is 33.3. The van der Waals surface area contributed by atoms with Crippen LogP contribution in [0.5, 0.6) is 5.88 Å². The van der Waals surface area contributed by atoms with E-state index in [1.807, 2.05) is 6.08 Å². The van der Waals surface area contributed by atoms with Crippen LogP contribution < -0.4 is 15.4 Å². The van der Waals surface area contributed by atoms with E-state index < -0.39 is 70.8 Å². The molecule has 2 aliphatic heterocycles. The van der Waals surface area contributed by atoms with Gasteiger partial charge in [0.25, 0.3) is 11.8 Å². The van der Waals surface area contributed by atoms with E-state index in [0.717, 1.165) is 12.8 Å². The highest BCUT2D eigenvalue weighted by atomic mass is 19.3. The fourth-order valence-electron chi connectivity index (χ4n) is 6.22. The van der Waals surface area contributed by atoms with Crippen molar-refractivity contribution in [1.82, 2.24) is 30.7 Å². The number of ether oxygens (including phenoxy) is 1. The van der Waals surface area contributed by atoms with Gasteiger partial charge >= 0.3 is 5.97 Å². The quantitative estimate of drug-likeness (QED) is 0.335. The lowest BCUT2D eigenvalue weighted by atomic mass is 10.0. The molecule has 2 aromatic heterocycles. The Morgan fingerprint density at radius 3 is 2.62 bits per heavy atom. The first kappa shape index (κ1) is 32.0. The van der Waals surface area contributed by atoms with Crippen LogP contribution in [-0.4, -0.2) is 79.1 Å². The van der Waals surface area contributed by atoms with E-state index in [0.29, 0.717) is 25.3 Å². The number of alkyl halides is 2. The lowest BCUT2D eigenvalue weighted by Crippen LogP contribution is -2.56. The number of allylic oxidation sites excluding steroid dienone is 1. The molecule has 248 valence electrons. The molecular formula is C32H34F2N6O7.